The lowest BCUT2D eigenvalue weighted by Gasteiger charge is -2.53. The Morgan fingerprint density at radius 1 is 1.26 bits per heavy atom. The lowest BCUT2D eigenvalue weighted by Crippen LogP contribution is -2.69. The largest absolute Gasteiger partial charge is 0.352 e. The molecule has 0 unspecified atom stereocenters. The lowest BCUT2D eigenvalue weighted by atomic mass is 9.86. The molecule has 0 aliphatic carbocycles. The van der Waals surface area contributed by atoms with Gasteiger partial charge < -0.3 is 15.1 Å². The van der Waals surface area contributed by atoms with E-state index < -0.39 is 5.82 Å². The molecule has 0 saturated carbocycles. The summed E-state index contributed by atoms with van der Waals surface area (Å²) >= 11 is 5.89. The summed E-state index contributed by atoms with van der Waals surface area (Å²) in [6, 6.07) is 8.50. The standard InChI is InChI=1S/C22H20ClFN6O/c1-2-18(31)30-10-4-9-22(30)11-29(12-22)17-8-7-16-20(28-17)21(26-13-25-16)27-15-6-3-5-14(23)19(15)24/h2-3,5-8,13H,1,4,9-12H2,(H,25,26,27). The number of likely N-dealkylation sites (tertiary alicyclic amines) is 1. The lowest BCUT2D eigenvalue weighted by molar-refractivity contribution is -0.130. The molecule has 3 aromatic rings. The predicted octanol–water partition coefficient (Wildman–Crippen LogP) is 3.93. The molecule has 1 N–H and O–H groups in total. The fraction of sp³-hybridized carbons (Fsp3) is 0.273. The Bertz CT molecular complexity index is 1200. The number of carbonyl (C=O) groups excluding carboxylic acids is 1. The van der Waals surface area contributed by atoms with E-state index >= 15 is 0 Å². The highest BCUT2D eigenvalue weighted by atomic mass is 35.5. The second kappa shape index (κ2) is 7.46. The maximum atomic E-state index is 14.4. The molecule has 1 amide bonds. The zero-order chi connectivity index (χ0) is 21.6. The van der Waals surface area contributed by atoms with Gasteiger partial charge in [-0.15, -0.1) is 0 Å². The van der Waals surface area contributed by atoms with Gasteiger partial charge in [0.2, 0.25) is 5.91 Å². The molecule has 0 bridgehead atoms. The third-order valence-electron chi connectivity index (χ3n) is 6.00. The molecule has 5 rings (SSSR count). The van der Waals surface area contributed by atoms with Crippen molar-refractivity contribution in [3.05, 3.63) is 60.2 Å². The van der Waals surface area contributed by atoms with Crippen LogP contribution < -0.4 is 10.2 Å². The first kappa shape index (κ1) is 19.7. The molecule has 2 aromatic heterocycles. The zero-order valence-electron chi connectivity index (χ0n) is 16.7. The number of nitrogens with one attached hydrogen (secondary N) is 1. The van der Waals surface area contributed by atoms with Gasteiger partial charge in [-0.25, -0.2) is 19.3 Å². The van der Waals surface area contributed by atoms with Crippen molar-refractivity contribution in [1.29, 1.82) is 0 Å². The Hall–Kier alpha value is -3.26. The van der Waals surface area contributed by atoms with E-state index in [4.69, 9.17) is 16.6 Å². The monoisotopic (exact) mass is 438 g/mol. The summed E-state index contributed by atoms with van der Waals surface area (Å²) in [5, 5.41) is 3.01. The number of anilines is 3. The van der Waals surface area contributed by atoms with Gasteiger partial charge >= 0.3 is 0 Å². The van der Waals surface area contributed by atoms with Gasteiger partial charge in [0, 0.05) is 19.6 Å². The van der Waals surface area contributed by atoms with Crippen LogP contribution in [0.15, 0.2) is 49.3 Å². The first-order valence-electron chi connectivity index (χ1n) is 10.0. The molecule has 1 aromatic carbocycles. The first-order chi connectivity index (χ1) is 15.0. The van der Waals surface area contributed by atoms with Crippen LogP contribution in [0.1, 0.15) is 12.8 Å². The molecule has 2 fully saturated rings. The van der Waals surface area contributed by atoms with Gasteiger partial charge in [0.25, 0.3) is 0 Å². The van der Waals surface area contributed by atoms with Crippen molar-refractivity contribution in [1.82, 2.24) is 19.9 Å². The molecule has 31 heavy (non-hydrogen) atoms. The molecule has 1 spiro atoms. The Labute approximate surface area is 183 Å². The number of hydrogen-bond donors (Lipinski definition) is 1. The maximum Gasteiger partial charge on any atom is 0.246 e. The second-order valence-electron chi connectivity index (χ2n) is 7.86. The van der Waals surface area contributed by atoms with Crippen LogP contribution in [0, 0.1) is 5.82 Å². The summed E-state index contributed by atoms with van der Waals surface area (Å²) in [7, 11) is 0. The highest BCUT2D eigenvalue weighted by Crippen LogP contribution is 2.40. The Morgan fingerprint density at radius 2 is 2.10 bits per heavy atom. The van der Waals surface area contributed by atoms with Gasteiger partial charge in [-0.2, -0.15) is 0 Å². The smallest absolute Gasteiger partial charge is 0.246 e. The molecule has 0 radical (unpaired) electrons. The SMILES string of the molecule is C=CC(=O)N1CCCC12CN(c1ccc3ncnc(Nc4cccc(Cl)c4F)c3n1)C2. The van der Waals surface area contributed by atoms with Crippen molar-refractivity contribution in [2.24, 2.45) is 0 Å². The van der Waals surface area contributed by atoms with Gasteiger partial charge in [0.15, 0.2) is 11.6 Å². The number of hydrogen-bond acceptors (Lipinski definition) is 6. The second-order valence-corrected chi connectivity index (χ2v) is 8.27. The highest BCUT2D eigenvalue weighted by molar-refractivity contribution is 6.31. The van der Waals surface area contributed by atoms with Crippen LogP contribution in [0.4, 0.5) is 21.7 Å². The normalized spacial score (nSPS) is 17.1. The van der Waals surface area contributed by atoms with Crippen LogP contribution in [-0.2, 0) is 4.79 Å². The number of nitrogens with zero attached hydrogens (tertiary/aromatic N) is 5. The third kappa shape index (κ3) is 3.27. The predicted molar refractivity (Wildman–Crippen MR) is 118 cm³/mol. The van der Waals surface area contributed by atoms with Crippen molar-refractivity contribution in [3.63, 3.8) is 0 Å². The minimum absolute atomic E-state index is 0.0212. The quantitative estimate of drug-likeness (QED) is 0.622. The molecule has 158 valence electrons. The Kier molecular flexibility index (Phi) is 4.74. The number of carbonyl (C=O) groups is 1. The fourth-order valence-corrected chi connectivity index (χ4v) is 4.65. The van der Waals surface area contributed by atoms with Crippen LogP contribution in [0.25, 0.3) is 11.0 Å². The number of amides is 1. The number of pyridine rings is 1. The van der Waals surface area contributed by atoms with Crippen molar-refractivity contribution in [2.45, 2.75) is 18.4 Å². The van der Waals surface area contributed by atoms with E-state index in [2.05, 4.69) is 26.8 Å². The van der Waals surface area contributed by atoms with E-state index in [1.54, 1.807) is 12.1 Å². The average molecular weight is 439 g/mol. The van der Waals surface area contributed by atoms with E-state index in [1.165, 1.54) is 18.5 Å². The van der Waals surface area contributed by atoms with Crippen LogP contribution >= 0.6 is 11.6 Å². The van der Waals surface area contributed by atoms with Gasteiger partial charge in [-0.05, 0) is 43.2 Å². The van der Waals surface area contributed by atoms with E-state index in [9.17, 15) is 9.18 Å². The first-order valence-corrected chi connectivity index (χ1v) is 10.4. The van der Waals surface area contributed by atoms with Gasteiger partial charge in [-0.3, -0.25) is 4.79 Å². The maximum absolute atomic E-state index is 14.4. The number of rotatable bonds is 4. The molecule has 2 aliphatic heterocycles. The number of aromatic nitrogens is 3. The summed E-state index contributed by atoms with van der Waals surface area (Å²) in [5.41, 5.74) is 1.24. The van der Waals surface area contributed by atoms with Crippen LogP contribution in [-0.4, -0.2) is 50.9 Å². The topological polar surface area (TPSA) is 74.2 Å². The van der Waals surface area contributed by atoms with E-state index in [0.29, 0.717) is 29.9 Å². The van der Waals surface area contributed by atoms with E-state index in [-0.39, 0.29) is 22.2 Å². The minimum Gasteiger partial charge on any atom is -0.352 e. The summed E-state index contributed by atoms with van der Waals surface area (Å²) < 4.78 is 14.4. The molecule has 2 saturated heterocycles. The molecule has 7 nitrogen and oxygen atoms in total. The van der Waals surface area contributed by atoms with Crippen LogP contribution in [0.2, 0.25) is 5.02 Å². The van der Waals surface area contributed by atoms with Crippen LogP contribution in [0.5, 0.6) is 0 Å². The van der Waals surface area contributed by atoms with Crippen molar-refractivity contribution >= 4 is 45.9 Å². The minimum atomic E-state index is -0.551. The van der Waals surface area contributed by atoms with Gasteiger partial charge in [-0.1, -0.05) is 24.2 Å². The zero-order valence-corrected chi connectivity index (χ0v) is 17.4. The van der Waals surface area contributed by atoms with Crippen molar-refractivity contribution < 1.29 is 9.18 Å². The average Bonchev–Trinajstić information content (AvgIpc) is 3.21. The van der Waals surface area contributed by atoms with Gasteiger partial charge in [0.1, 0.15) is 17.7 Å². The summed E-state index contributed by atoms with van der Waals surface area (Å²) in [4.78, 5) is 29.6. The van der Waals surface area contributed by atoms with Crippen molar-refractivity contribution in [3.8, 4) is 0 Å². The third-order valence-corrected chi connectivity index (χ3v) is 6.30. The van der Waals surface area contributed by atoms with Crippen LogP contribution in [0.3, 0.4) is 0 Å². The Morgan fingerprint density at radius 3 is 2.90 bits per heavy atom. The molecular weight excluding hydrogens is 419 g/mol. The number of fused-ring (bicyclic) bond motifs is 1. The van der Waals surface area contributed by atoms with E-state index in [1.807, 2.05) is 17.0 Å². The summed E-state index contributed by atoms with van der Waals surface area (Å²) in [6.45, 7) is 5.81. The van der Waals surface area contributed by atoms with Gasteiger partial charge in [0.05, 0.1) is 21.8 Å². The summed E-state index contributed by atoms with van der Waals surface area (Å²) in [6.07, 6.45) is 4.75. The molecule has 0 atom stereocenters. The van der Waals surface area contributed by atoms with Crippen molar-refractivity contribution in [2.75, 3.05) is 29.9 Å². The fourth-order valence-electron chi connectivity index (χ4n) is 4.47. The molecule has 9 heteroatoms. The number of benzene rings is 1. The highest BCUT2D eigenvalue weighted by Gasteiger charge is 2.52. The Balaban J connectivity index is 1.43. The number of halogens is 2. The molecule has 2 aliphatic rings. The molecular formula is C22H20ClFN6O. The summed E-state index contributed by atoms with van der Waals surface area (Å²) in [5.74, 6) is 0.588. The van der Waals surface area contributed by atoms with E-state index in [0.717, 1.165) is 25.2 Å². The molecule has 4 heterocycles.